The van der Waals surface area contributed by atoms with E-state index in [0.717, 1.165) is 12.8 Å². The Balaban J connectivity index is 1.56. The first-order chi connectivity index (χ1) is 24.1. The van der Waals surface area contributed by atoms with Crippen LogP contribution in [-0.2, 0) is 0 Å². The Bertz CT molecular complexity index is 2250. The second-order valence-corrected chi connectivity index (χ2v) is 12.6. The lowest BCUT2D eigenvalue weighted by atomic mass is 9.93. The number of carbonyl (C=O) groups is 2. The van der Waals surface area contributed by atoms with Gasteiger partial charge in [0.25, 0.3) is 5.91 Å². The molecule has 1 unspecified atom stereocenters. The maximum absolute atomic E-state index is 13.8. The third-order valence-corrected chi connectivity index (χ3v) is 9.60. The van der Waals surface area contributed by atoms with E-state index in [-0.39, 0.29) is 79.8 Å². The Hall–Kier alpha value is -5.49. The minimum absolute atomic E-state index is 0.00505. The fraction of sp³-hybridized carbons (Fsp3) is 0.342. The van der Waals surface area contributed by atoms with Gasteiger partial charge in [0.15, 0.2) is 17.2 Å². The van der Waals surface area contributed by atoms with Crippen LogP contribution in [0.4, 0.5) is 11.4 Å². The number of aromatic nitrogens is 1. The number of benzene rings is 3. The lowest BCUT2D eigenvalue weighted by Crippen LogP contribution is -2.30. The molecular formula is C38H39N5O7. The standard InChI is InChI=1S/C38H39N5O7/c1-4-22(5-2)43-37(49)23-16-17-24(33(45)20-12-10-11-13-20)31(30(23)38(43)50)41-42-32-34(46)25-18-27(39-29(44)6-3)28(19-26(25)35(32)47)40-36(48)21-14-8-7-9-15-21/h7-9,14-20,22,29,44,47,49-50H,4-6,10-13H2,1-3H3. The third kappa shape index (κ3) is 6.11. The quantitative estimate of drug-likeness (QED) is 0.0944. The number of Topliss-reactive ketones (excluding diaryl/α,β-unsaturated/α-hetero) is 1. The predicted molar refractivity (Wildman–Crippen MR) is 187 cm³/mol. The van der Waals surface area contributed by atoms with Crippen molar-refractivity contribution in [2.24, 2.45) is 26.1 Å². The smallest absolute Gasteiger partial charge is 0.277 e. The topological polar surface area (TPSA) is 186 Å². The summed E-state index contributed by atoms with van der Waals surface area (Å²) in [7, 11) is 0. The first kappa shape index (κ1) is 34.4. The number of carbonyl (C=O) groups excluding carboxylic acids is 2. The van der Waals surface area contributed by atoms with Gasteiger partial charge in [0.1, 0.15) is 11.9 Å². The fourth-order valence-electron chi connectivity index (χ4n) is 6.78. The van der Waals surface area contributed by atoms with Crippen LogP contribution in [0.25, 0.3) is 21.9 Å². The Morgan fingerprint density at radius 2 is 1.50 bits per heavy atom. The summed E-state index contributed by atoms with van der Waals surface area (Å²) in [6, 6.07) is 13.9. The number of fused-ring (bicyclic) bond motifs is 2. The van der Waals surface area contributed by atoms with Crippen molar-refractivity contribution in [1.82, 2.24) is 4.57 Å². The number of aliphatic hydroxyl groups is 1. The summed E-state index contributed by atoms with van der Waals surface area (Å²) in [5.74, 6) is -2.00. The summed E-state index contributed by atoms with van der Waals surface area (Å²) in [6.07, 6.45) is 3.59. The highest BCUT2D eigenvalue weighted by atomic mass is 16.3. The molecule has 258 valence electrons. The molecule has 50 heavy (non-hydrogen) atoms. The SMILES string of the molecule is CCC(O)N=c1cc2c(=O)c(N=Nc3c(C(=O)C4CCCC4)ccc4c(O)n(C(CC)CC)c(O)c34)c(O)c-2cc1=NC(=O)c1ccccc1. The van der Waals surface area contributed by atoms with Crippen molar-refractivity contribution in [3.63, 3.8) is 0 Å². The van der Waals surface area contributed by atoms with E-state index in [1.54, 1.807) is 49.4 Å². The number of nitrogens with zero attached hydrogens (tertiary/aromatic N) is 5. The number of amides is 1. The van der Waals surface area contributed by atoms with E-state index in [9.17, 15) is 34.8 Å². The Morgan fingerprint density at radius 1 is 0.840 bits per heavy atom. The lowest BCUT2D eigenvalue weighted by Gasteiger charge is -2.16. The molecule has 12 nitrogen and oxygen atoms in total. The van der Waals surface area contributed by atoms with Crippen LogP contribution in [0, 0.1) is 5.92 Å². The van der Waals surface area contributed by atoms with Gasteiger partial charge in [-0.15, -0.1) is 10.2 Å². The van der Waals surface area contributed by atoms with Gasteiger partial charge in [-0.1, -0.05) is 51.8 Å². The van der Waals surface area contributed by atoms with Crippen molar-refractivity contribution in [3.05, 3.63) is 86.7 Å². The highest BCUT2D eigenvalue weighted by Crippen LogP contribution is 2.48. The zero-order chi connectivity index (χ0) is 35.7. The maximum Gasteiger partial charge on any atom is 0.277 e. The largest absolute Gasteiger partial charge is 0.505 e. The second kappa shape index (κ2) is 14.2. The molecule has 4 N–H and O–H groups in total. The summed E-state index contributed by atoms with van der Waals surface area (Å²) in [6.45, 7) is 5.58. The molecule has 3 aromatic rings. The minimum Gasteiger partial charge on any atom is -0.505 e. The molecule has 12 heteroatoms. The Morgan fingerprint density at radius 3 is 2.16 bits per heavy atom. The van der Waals surface area contributed by atoms with Crippen LogP contribution >= 0.6 is 0 Å². The summed E-state index contributed by atoms with van der Waals surface area (Å²) >= 11 is 0. The molecule has 1 aromatic heterocycles. The van der Waals surface area contributed by atoms with Crippen LogP contribution in [0.5, 0.6) is 17.5 Å². The van der Waals surface area contributed by atoms with E-state index in [1.807, 2.05) is 13.8 Å². The van der Waals surface area contributed by atoms with Crippen molar-refractivity contribution >= 4 is 33.8 Å². The number of ketones is 1. The van der Waals surface area contributed by atoms with Gasteiger partial charge in [0.2, 0.25) is 17.2 Å². The monoisotopic (exact) mass is 677 g/mol. The molecule has 1 amide bonds. The molecule has 0 aliphatic heterocycles. The molecule has 1 heterocycles. The van der Waals surface area contributed by atoms with Crippen LogP contribution in [0.1, 0.15) is 92.5 Å². The highest BCUT2D eigenvalue weighted by molar-refractivity contribution is 6.12. The molecule has 0 saturated heterocycles. The molecule has 6 rings (SSSR count). The van der Waals surface area contributed by atoms with E-state index < -0.39 is 29.0 Å². The summed E-state index contributed by atoms with van der Waals surface area (Å²) < 4.78 is 1.42. The Kier molecular flexibility index (Phi) is 9.74. The van der Waals surface area contributed by atoms with Crippen molar-refractivity contribution in [2.75, 3.05) is 0 Å². The van der Waals surface area contributed by atoms with Gasteiger partial charge >= 0.3 is 0 Å². The average Bonchev–Trinajstić information content (AvgIpc) is 3.81. The summed E-state index contributed by atoms with van der Waals surface area (Å²) in [5, 5.41) is 53.3. The highest BCUT2D eigenvalue weighted by Gasteiger charge is 2.31. The molecule has 0 bridgehead atoms. The fourth-order valence-corrected chi connectivity index (χ4v) is 6.78. The first-order valence-electron chi connectivity index (χ1n) is 17.0. The molecule has 3 aliphatic rings. The van der Waals surface area contributed by atoms with Gasteiger partial charge < -0.3 is 20.4 Å². The molecule has 3 aliphatic carbocycles. The lowest BCUT2D eigenvalue weighted by molar-refractivity contribution is 0.0923. The third-order valence-electron chi connectivity index (χ3n) is 9.60. The van der Waals surface area contributed by atoms with Crippen molar-refractivity contribution in [2.45, 2.75) is 78.0 Å². The molecular weight excluding hydrogens is 638 g/mol. The van der Waals surface area contributed by atoms with Gasteiger partial charge in [-0.05, 0) is 68.5 Å². The zero-order valence-corrected chi connectivity index (χ0v) is 28.1. The van der Waals surface area contributed by atoms with Crippen LogP contribution in [-0.4, -0.2) is 42.9 Å². The number of aromatic hydroxyl groups is 3. The maximum atomic E-state index is 13.8. The Labute approximate surface area is 287 Å². The van der Waals surface area contributed by atoms with E-state index in [2.05, 4.69) is 20.2 Å². The normalized spacial score (nSPS) is 15.4. The van der Waals surface area contributed by atoms with Gasteiger partial charge in [-0.3, -0.25) is 23.9 Å². The molecule has 1 atom stereocenters. The summed E-state index contributed by atoms with van der Waals surface area (Å²) in [4.78, 5) is 49.0. The van der Waals surface area contributed by atoms with Crippen molar-refractivity contribution in [3.8, 4) is 28.6 Å². The van der Waals surface area contributed by atoms with Crippen LogP contribution in [0.3, 0.4) is 0 Å². The van der Waals surface area contributed by atoms with Crippen molar-refractivity contribution < 1.29 is 30.0 Å². The average molecular weight is 678 g/mol. The molecule has 2 aromatic carbocycles. The van der Waals surface area contributed by atoms with Gasteiger partial charge in [-0.25, -0.2) is 4.99 Å². The second-order valence-electron chi connectivity index (χ2n) is 12.6. The number of aliphatic hydroxyl groups excluding tert-OH is 1. The summed E-state index contributed by atoms with van der Waals surface area (Å²) in [5.41, 5.74) is -0.630. The first-order valence-corrected chi connectivity index (χ1v) is 17.0. The molecule has 0 radical (unpaired) electrons. The van der Waals surface area contributed by atoms with E-state index in [0.29, 0.717) is 31.2 Å². The number of azo groups is 1. The predicted octanol–water partition coefficient (Wildman–Crippen LogP) is 6.62. The van der Waals surface area contributed by atoms with Gasteiger partial charge in [-0.2, -0.15) is 0 Å². The van der Waals surface area contributed by atoms with Crippen LogP contribution in [0.2, 0.25) is 0 Å². The van der Waals surface area contributed by atoms with Gasteiger partial charge in [0, 0.05) is 39.6 Å². The number of hydrogen-bond donors (Lipinski definition) is 4. The van der Waals surface area contributed by atoms with E-state index >= 15 is 0 Å². The number of rotatable bonds is 10. The van der Waals surface area contributed by atoms with Gasteiger partial charge in [0.05, 0.1) is 16.1 Å². The van der Waals surface area contributed by atoms with E-state index in [1.165, 1.54) is 16.7 Å². The van der Waals surface area contributed by atoms with Crippen molar-refractivity contribution in [1.29, 1.82) is 0 Å². The molecule has 0 spiro atoms. The minimum atomic E-state index is -1.14. The van der Waals surface area contributed by atoms with Crippen LogP contribution < -0.4 is 16.1 Å². The van der Waals surface area contributed by atoms with E-state index in [4.69, 9.17) is 0 Å². The molecule has 1 fully saturated rings. The number of hydrogen-bond acceptors (Lipinski definition) is 10. The molecule has 1 saturated carbocycles. The zero-order valence-electron chi connectivity index (χ0n) is 28.1. The van der Waals surface area contributed by atoms with Crippen LogP contribution in [0.15, 0.2) is 79.6 Å².